The van der Waals surface area contributed by atoms with Crippen LogP contribution in [0.25, 0.3) is 16.9 Å². The van der Waals surface area contributed by atoms with E-state index >= 15 is 0 Å². The average molecular weight is 376 g/mol. The number of aromatic nitrogens is 2. The summed E-state index contributed by atoms with van der Waals surface area (Å²) in [6, 6.07) is 17.1. The second-order valence-corrected chi connectivity index (χ2v) is 7.95. The fraction of sp³-hybridized carbons (Fsp3) is 0.375. The maximum Gasteiger partial charge on any atom is 0.0972 e. The molecule has 0 amide bonds. The minimum atomic E-state index is 0.638. The van der Waals surface area contributed by atoms with Gasteiger partial charge in [0.1, 0.15) is 0 Å². The Morgan fingerprint density at radius 3 is 2.71 bits per heavy atom. The Labute approximate surface area is 167 Å². The molecule has 1 atom stereocenters. The zero-order chi connectivity index (χ0) is 19.5. The molecule has 2 aromatic carbocycles. The third kappa shape index (κ3) is 4.03. The quantitative estimate of drug-likeness (QED) is 0.629. The van der Waals surface area contributed by atoms with Gasteiger partial charge < -0.3 is 4.74 Å². The molecule has 4 nitrogen and oxygen atoms in total. The molecule has 0 radical (unpaired) electrons. The molecule has 1 aliphatic heterocycles. The Morgan fingerprint density at radius 1 is 1.11 bits per heavy atom. The number of rotatable bonds is 6. The van der Waals surface area contributed by atoms with Crippen molar-refractivity contribution in [1.29, 1.82) is 0 Å². The molecule has 1 aromatic heterocycles. The van der Waals surface area contributed by atoms with Crippen molar-refractivity contribution >= 4 is 0 Å². The van der Waals surface area contributed by atoms with E-state index in [2.05, 4.69) is 78.2 Å². The van der Waals surface area contributed by atoms with Crippen LogP contribution in [0, 0.1) is 19.8 Å². The fourth-order valence-electron chi connectivity index (χ4n) is 4.12. The highest BCUT2D eigenvalue weighted by atomic mass is 16.5. The lowest BCUT2D eigenvalue weighted by atomic mass is 10.1. The van der Waals surface area contributed by atoms with Gasteiger partial charge in [0.15, 0.2) is 0 Å². The Balaban J connectivity index is 1.68. The van der Waals surface area contributed by atoms with Gasteiger partial charge in [-0.25, -0.2) is 4.68 Å². The van der Waals surface area contributed by atoms with Crippen LogP contribution in [0.2, 0.25) is 0 Å². The number of likely N-dealkylation sites (tertiary alicyclic amines) is 1. The fourth-order valence-corrected chi connectivity index (χ4v) is 4.12. The van der Waals surface area contributed by atoms with E-state index in [9.17, 15) is 0 Å². The van der Waals surface area contributed by atoms with Gasteiger partial charge >= 0.3 is 0 Å². The second kappa shape index (κ2) is 8.29. The summed E-state index contributed by atoms with van der Waals surface area (Å²) >= 11 is 0. The highest BCUT2D eigenvalue weighted by Crippen LogP contribution is 2.28. The van der Waals surface area contributed by atoms with Crippen molar-refractivity contribution in [2.24, 2.45) is 5.92 Å². The van der Waals surface area contributed by atoms with E-state index in [1.165, 1.54) is 28.7 Å². The number of hydrogen-bond donors (Lipinski definition) is 0. The monoisotopic (exact) mass is 375 g/mol. The molecule has 1 aliphatic rings. The normalized spacial score (nSPS) is 17.3. The first-order valence-electron chi connectivity index (χ1n) is 10.1. The molecule has 1 saturated heterocycles. The number of aryl methyl sites for hydroxylation is 2. The number of methoxy groups -OCH3 is 1. The van der Waals surface area contributed by atoms with Crippen molar-refractivity contribution in [2.45, 2.75) is 26.8 Å². The van der Waals surface area contributed by atoms with E-state index in [-0.39, 0.29) is 0 Å². The summed E-state index contributed by atoms with van der Waals surface area (Å²) in [6.07, 6.45) is 3.42. The number of hydrogen-bond acceptors (Lipinski definition) is 3. The first-order chi connectivity index (χ1) is 13.6. The van der Waals surface area contributed by atoms with E-state index in [0.29, 0.717) is 5.92 Å². The minimum absolute atomic E-state index is 0.638. The molecular weight excluding hydrogens is 346 g/mol. The molecule has 1 fully saturated rings. The second-order valence-electron chi connectivity index (χ2n) is 7.95. The maximum atomic E-state index is 5.36. The molecule has 28 heavy (non-hydrogen) atoms. The minimum Gasteiger partial charge on any atom is -0.384 e. The summed E-state index contributed by atoms with van der Waals surface area (Å²) in [4.78, 5) is 2.53. The molecule has 0 aliphatic carbocycles. The van der Waals surface area contributed by atoms with Gasteiger partial charge in [-0.1, -0.05) is 42.5 Å². The zero-order valence-corrected chi connectivity index (χ0v) is 17.1. The maximum absolute atomic E-state index is 5.36. The van der Waals surface area contributed by atoms with Crippen molar-refractivity contribution in [3.63, 3.8) is 0 Å². The third-order valence-electron chi connectivity index (χ3n) is 5.61. The highest BCUT2D eigenvalue weighted by molar-refractivity contribution is 5.63. The number of benzene rings is 2. The summed E-state index contributed by atoms with van der Waals surface area (Å²) in [6.45, 7) is 8.27. The first kappa shape index (κ1) is 18.9. The standard InChI is InChI=1S/C24H29N3O/c1-18-9-10-19(2)23(13-18)27-16-22(15-26-12-11-20(14-26)17-28-3)24(25-27)21-7-5-4-6-8-21/h4-10,13,16,20H,11-12,14-15,17H2,1-3H3/t20-/m0/s1. The van der Waals surface area contributed by atoms with Crippen LogP contribution in [0.15, 0.2) is 54.7 Å². The molecule has 4 rings (SSSR count). The van der Waals surface area contributed by atoms with Gasteiger partial charge in [0.25, 0.3) is 0 Å². The highest BCUT2D eigenvalue weighted by Gasteiger charge is 2.24. The van der Waals surface area contributed by atoms with Crippen LogP contribution in [0.1, 0.15) is 23.1 Å². The van der Waals surface area contributed by atoms with Crippen LogP contribution in [-0.4, -0.2) is 41.5 Å². The molecule has 146 valence electrons. The van der Waals surface area contributed by atoms with Gasteiger partial charge in [0, 0.05) is 37.5 Å². The summed E-state index contributed by atoms with van der Waals surface area (Å²) < 4.78 is 7.42. The Hall–Kier alpha value is -2.43. The van der Waals surface area contributed by atoms with Gasteiger partial charge in [-0.15, -0.1) is 0 Å². The van der Waals surface area contributed by atoms with Gasteiger partial charge in [-0.05, 0) is 49.9 Å². The first-order valence-corrected chi connectivity index (χ1v) is 10.1. The van der Waals surface area contributed by atoms with Gasteiger partial charge in [-0.2, -0.15) is 5.10 Å². The number of ether oxygens (including phenoxy) is 1. The van der Waals surface area contributed by atoms with E-state index in [0.717, 1.165) is 37.6 Å². The van der Waals surface area contributed by atoms with Crippen LogP contribution >= 0.6 is 0 Å². The Morgan fingerprint density at radius 2 is 1.93 bits per heavy atom. The SMILES string of the molecule is COC[C@H]1CCN(Cc2cn(-c3cc(C)ccc3C)nc2-c2ccccc2)C1. The summed E-state index contributed by atoms with van der Waals surface area (Å²) in [5.74, 6) is 0.638. The predicted molar refractivity (Wildman–Crippen MR) is 114 cm³/mol. The molecule has 3 aromatic rings. The van der Waals surface area contributed by atoms with Crippen LogP contribution in [0.4, 0.5) is 0 Å². The third-order valence-corrected chi connectivity index (χ3v) is 5.61. The van der Waals surface area contributed by atoms with E-state index in [1.54, 1.807) is 7.11 Å². The Kier molecular flexibility index (Phi) is 5.60. The van der Waals surface area contributed by atoms with Gasteiger partial charge in [-0.3, -0.25) is 4.90 Å². The van der Waals surface area contributed by atoms with E-state index in [4.69, 9.17) is 9.84 Å². The summed E-state index contributed by atoms with van der Waals surface area (Å²) in [5, 5.41) is 5.02. The van der Waals surface area contributed by atoms with Crippen LogP contribution in [0.3, 0.4) is 0 Å². The average Bonchev–Trinajstić information content (AvgIpc) is 3.32. The predicted octanol–water partition coefficient (Wildman–Crippen LogP) is 4.62. The zero-order valence-electron chi connectivity index (χ0n) is 17.1. The molecular formula is C24H29N3O. The van der Waals surface area contributed by atoms with Crippen molar-refractivity contribution < 1.29 is 4.74 Å². The topological polar surface area (TPSA) is 30.3 Å². The van der Waals surface area contributed by atoms with Crippen LogP contribution in [0.5, 0.6) is 0 Å². The van der Waals surface area contributed by atoms with E-state index < -0.39 is 0 Å². The molecule has 0 saturated carbocycles. The smallest absolute Gasteiger partial charge is 0.0972 e. The molecule has 0 spiro atoms. The molecule has 0 bridgehead atoms. The van der Waals surface area contributed by atoms with Crippen molar-refractivity contribution in [3.05, 3.63) is 71.4 Å². The molecule has 0 N–H and O–H groups in total. The number of nitrogens with zero attached hydrogens (tertiary/aromatic N) is 3. The molecule has 2 heterocycles. The Bertz CT molecular complexity index is 932. The van der Waals surface area contributed by atoms with Crippen LogP contribution < -0.4 is 0 Å². The van der Waals surface area contributed by atoms with Gasteiger partial charge in [0.2, 0.25) is 0 Å². The van der Waals surface area contributed by atoms with Crippen LogP contribution in [-0.2, 0) is 11.3 Å². The summed E-state index contributed by atoms with van der Waals surface area (Å²) in [7, 11) is 1.80. The lowest BCUT2D eigenvalue weighted by molar-refractivity contribution is 0.152. The lowest BCUT2D eigenvalue weighted by Gasteiger charge is -2.15. The van der Waals surface area contributed by atoms with Crippen molar-refractivity contribution in [1.82, 2.24) is 14.7 Å². The molecule has 0 unspecified atom stereocenters. The molecule has 4 heteroatoms. The largest absolute Gasteiger partial charge is 0.384 e. The van der Waals surface area contributed by atoms with Crippen molar-refractivity contribution in [2.75, 3.05) is 26.8 Å². The van der Waals surface area contributed by atoms with E-state index in [1.807, 2.05) is 0 Å². The van der Waals surface area contributed by atoms with Crippen molar-refractivity contribution in [3.8, 4) is 16.9 Å². The lowest BCUT2D eigenvalue weighted by Crippen LogP contribution is -2.21. The van der Waals surface area contributed by atoms with Gasteiger partial charge in [0.05, 0.1) is 18.0 Å². The summed E-state index contributed by atoms with van der Waals surface area (Å²) in [5.41, 5.74) is 7.18.